The van der Waals surface area contributed by atoms with Crippen LogP contribution >= 0.6 is 58.0 Å². The van der Waals surface area contributed by atoms with E-state index in [4.69, 9.17) is 62.7 Å². The SMILES string of the molecule is COC(=O)C(c1cnc(C(=O)c2ccccc2Cl)c(Cl)n1)c1ccccc1F.COC(=O)Cc1ccccc1F.O=C(c1ccccc1Cl)c1ncc(Cl)nc1Cl. The van der Waals surface area contributed by atoms with E-state index in [1.807, 2.05) is 0 Å². The summed E-state index contributed by atoms with van der Waals surface area (Å²) in [5, 5.41) is 0.444. The molecule has 0 bridgehead atoms. The summed E-state index contributed by atoms with van der Waals surface area (Å²) >= 11 is 29.5. The quantitative estimate of drug-likeness (QED) is 0.102. The number of nitrogens with zero attached hydrogens (tertiary/aromatic N) is 4. The second kappa shape index (κ2) is 21.2. The fraction of sp³-hybridized carbons (Fsp3) is 0.100. The molecule has 0 saturated heterocycles. The monoisotopic (exact) mass is 872 g/mol. The Bertz CT molecular complexity index is 2420. The molecule has 292 valence electrons. The van der Waals surface area contributed by atoms with Crippen LogP contribution in [0, 0.1) is 11.6 Å². The summed E-state index contributed by atoms with van der Waals surface area (Å²) in [6, 6.07) is 25.0. The highest BCUT2D eigenvalue weighted by Crippen LogP contribution is 2.29. The first-order valence-electron chi connectivity index (χ1n) is 16.2. The van der Waals surface area contributed by atoms with Crippen molar-refractivity contribution >= 4 is 81.5 Å². The van der Waals surface area contributed by atoms with Gasteiger partial charge in [-0.15, -0.1) is 0 Å². The van der Waals surface area contributed by atoms with Gasteiger partial charge in [0.05, 0.1) is 48.8 Å². The maximum absolute atomic E-state index is 14.2. The number of ether oxygens (including phenoxy) is 2. The Morgan fingerprint density at radius 2 is 1.11 bits per heavy atom. The van der Waals surface area contributed by atoms with Gasteiger partial charge in [0.15, 0.2) is 10.3 Å². The van der Waals surface area contributed by atoms with E-state index >= 15 is 0 Å². The molecule has 1 unspecified atom stereocenters. The van der Waals surface area contributed by atoms with Crippen molar-refractivity contribution < 1.29 is 37.4 Å². The number of esters is 2. The predicted octanol–water partition coefficient (Wildman–Crippen LogP) is 9.67. The number of methoxy groups -OCH3 is 2. The zero-order valence-corrected chi connectivity index (χ0v) is 33.3. The Morgan fingerprint density at radius 1 is 0.614 bits per heavy atom. The minimum atomic E-state index is -1.18. The summed E-state index contributed by atoms with van der Waals surface area (Å²) in [4.78, 5) is 63.5. The van der Waals surface area contributed by atoms with Gasteiger partial charge in [0.2, 0.25) is 11.6 Å². The van der Waals surface area contributed by atoms with Crippen LogP contribution in [0.2, 0.25) is 25.5 Å². The molecule has 10 nitrogen and oxygen atoms in total. The number of ketones is 2. The largest absolute Gasteiger partial charge is 0.469 e. The van der Waals surface area contributed by atoms with Gasteiger partial charge in [-0.2, -0.15) is 0 Å². The van der Waals surface area contributed by atoms with Crippen molar-refractivity contribution in [3.05, 3.63) is 186 Å². The molecule has 0 amide bonds. The van der Waals surface area contributed by atoms with Gasteiger partial charge in [0.1, 0.15) is 34.1 Å². The van der Waals surface area contributed by atoms with Crippen molar-refractivity contribution in [2.45, 2.75) is 12.3 Å². The Hall–Kier alpha value is -5.37. The van der Waals surface area contributed by atoms with E-state index < -0.39 is 29.5 Å². The lowest BCUT2D eigenvalue weighted by atomic mass is 9.95. The molecule has 4 aromatic carbocycles. The van der Waals surface area contributed by atoms with Gasteiger partial charge in [-0.25, -0.2) is 28.7 Å². The number of carbonyl (C=O) groups is 4. The van der Waals surface area contributed by atoms with Gasteiger partial charge in [0.25, 0.3) is 0 Å². The maximum Gasteiger partial charge on any atom is 0.319 e. The molecule has 0 fully saturated rings. The molecule has 0 aliphatic heterocycles. The standard InChI is InChI=1S/C20H13Cl2FN2O3.C11H5Cl3N2O.C9H9FO2/c1-28-20(27)16(12-7-3-5-9-14(12)23)15-10-24-17(19(22)25-15)18(26)11-6-2-4-8-13(11)21;12-7-4-2-1-3-6(7)10(17)9-11(14)16-8(13)5-15-9;1-12-9(11)6-7-4-2-3-5-8(7)10/h2-10,16H,1H3;1-5H;2-5H,6H2,1H3. The molecular formula is C40H27Cl5F2N4O6. The van der Waals surface area contributed by atoms with Crippen LogP contribution in [-0.4, -0.2) is 57.7 Å². The van der Waals surface area contributed by atoms with Crippen LogP contribution in [0.25, 0.3) is 0 Å². The molecule has 17 heteroatoms. The van der Waals surface area contributed by atoms with E-state index in [9.17, 15) is 28.0 Å². The average molecular weight is 875 g/mol. The third kappa shape index (κ3) is 11.8. The molecule has 0 aliphatic carbocycles. The van der Waals surface area contributed by atoms with E-state index in [-0.39, 0.29) is 66.7 Å². The molecule has 6 aromatic rings. The highest BCUT2D eigenvalue weighted by atomic mass is 35.5. The first-order chi connectivity index (χ1) is 27.3. The van der Waals surface area contributed by atoms with Crippen LogP contribution < -0.4 is 0 Å². The topological polar surface area (TPSA) is 138 Å². The van der Waals surface area contributed by atoms with Crippen LogP contribution in [0.3, 0.4) is 0 Å². The van der Waals surface area contributed by atoms with Gasteiger partial charge in [-0.05, 0) is 42.0 Å². The summed E-state index contributed by atoms with van der Waals surface area (Å²) in [6.07, 6.45) is 2.45. The Balaban J connectivity index is 0.000000210. The molecule has 57 heavy (non-hydrogen) atoms. The average Bonchev–Trinajstić information content (AvgIpc) is 3.20. The van der Waals surface area contributed by atoms with Gasteiger partial charge in [-0.3, -0.25) is 19.2 Å². The van der Waals surface area contributed by atoms with Crippen LogP contribution in [0.15, 0.2) is 109 Å². The fourth-order valence-electron chi connectivity index (χ4n) is 4.82. The molecule has 0 N–H and O–H groups in total. The number of rotatable bonds is 9. The Kier molecular flexibility index (Phi) is 16.5. The molecule has 6 rings (SSSR count). The highest BCUT2D eigenvalue weighted by Gasteiger charge is 2.30. The van der Waals surface area contributed by atoms with Crippen molar-refractivity contribution in [1.29, 1.82) is 0 Å². The Morgan fingerprint density at radius 3 is 1.60 bits per heavy atom. The predicted molar refractivity (Wildman–Crippen MR) is 211 cm³/mol. The number of hydrogen-bond donors (Lipinski definition) is 0. The number of carbonyl (C=O) groups excluding carboxylic acids is 4. The lowest BCUT2D eigenvalue weighted by molar-refractivity contribution is -0.141. The van der Waals surface area contributed by atoms with E-state index in [1.165, 1.54) is 56.9 Å². The van der Waals surface area contributed by atoms with Gasteiger partial charge >= 0.3 is 11.9 Å². The lowest BCUT2D eigenvalue weighted by Gasteiger charge is -2.16. The molecule has 0 aliphatic rings. The molecule has 0 saturated carbocycles. The fourth-order valence-corrected chi connectivity index (χ4v) is 5.90. The first-order valence-corrected chi connectivity index (χ1v) is 18.1. The third-order valence-electron chi connectivity index (χ3n) is 7.59. The van der Waals surface area contributed by atoms with E-state index in [0.717, 1.165) is 0 Å². The second-order valence-corrected chi connectivity index (χ2v) is 13.1. The van der Waals surface area contributed by atoms with Crippen molar-refractivity contribution in [3.63, 3.8) is 0 Å². The third-order valence-corrected chi connectivity index (χ3v) is 8.95. The lowest BCUT2D eigenvalue weighted by Crippen LogP contribution is -2.19. The summed E-state index contributed by atoms with van der Waals surface area (Å²) in [6.45, 7) is 0. The van der Waals surface area contributed by atoms with Gasteiger partial charge in [0, 0.05) is 16.7 Å². The molecule has 0 radical (unpaired) electrons. The van der Waals surface area contributed by atoms with E-state index in [1.54, 1.807) is 66.7 Å². The smallest absolute Gasteiger partial charge is 0.319 e. The summed E-state index contributed by atoms with van der Waals surface area (Å²) in [7, 11) is 2.46. The van der Waals surface area contributed by atoms with Crippen LogP contribution in [0.1, 0.15) is 54.8 Å². The minimum absolute atomic E-state index is 0.0107. The van der Waals surface area contributed by atoms with Crippen LogP contribution in [0.5, 0.6) is 0 Å². The summed E-state index contributed by atoms with van der Waals surface area (Å²) < 4.78 is 36.3. The normalized spacial score (nSPS) is 10.8. The Labute approximate surface area is 349 Å². The van der Waals surface area contributed by atoms with Crippen molar-refractivity contribution in [1.82, 2.24) is 19.9 Å². The zero-order valence-electron chi connectivity index (χ0n) is 29.6. The first kappa shape index (κ1) is 44.3. The van der Waals surface area contributed by atoms with Gasteiger partial charge < -0.3 is 9.47 Å². The second-order valence-electron chi connectivity index (χ2n) is 11.2. The van der Waals surface area contributed by atoms with Crippen molar-refractivity contribution in [2.75, 3.05) is 14.2 Å². The van der Waals surface area contributed by atoms with Crippen LogP contribution in [0.4, 0.5) is 8.78 Å². The van der Waals surface area contributed by atoms with Crippen molar-refractivity contribution in [3.8, 4) is 0 Å². The van der Waals surface area contributed by atoms with Crippen LogP contribution in [-0.2, 0) is 25.5 Å². The molecular weight excluding hydrogens is 848 g/mol. The van der Waals surface area contributed by atoms with Crippen molar-refractivity contribution in [2.24, 2.45) is 0 Å². The summed E-state index contributed by atoms with van der Waals surface area (Å²) in [5.41, 5.74) is 0.922. The number of hydrogen-bond acceptors (Lipinski definition) is 10. The molecule has 2 aromatic heterocycles. The minimum Gasteiger partial charge on any atom is -0.469 e. The summed E-state index contributed by atoms with van der Waals surface area (Å²) in [5.74, 6) is -4.23. The molecule has 0 spiro atoms. The number of benzene rings is 4. The van der Waals surface area contributed by atoms with E-state index in [2.05, 4.69) is 24.7 Å². The zero-order chi connectivity index (χ0) is 41.6. The maximum atomic E-state index is 14.2. The molecule has 1 atom stereocenters. The molecule has 2 heterocycles. The van der Waals surface area contributed by atoms with Gasteiger partial charge in [-0.1, -0.05) is 119 Å². The van der Waals surface area contributed by atoms with E-state index in [0.29, 0.717) is 16.1 Å². The number of aromatic nitrogens is 4. The number of halogens is 7. The highest BCUT2D eigenvalue weighted by molar-refractivity contribution is 6.38.